The van der Waals surface area contributed by atoms with Crippen LogP contribution in [0.3, 0.4) is 0 Å². The Morgan fingerprint density at radius 3 is 2.54 bits per heavy atom. The van der Waals surface area contributed by atoms with E-state index in [-0.39, 0.29) is 0 Å². The third-order valence-electron chi connectivity index (χ3n) is 3.75. The molecule has 0 saturated heterocycles. The van der Waals surface area contributed by atoms with Crippen molar-refractivity contribution in [3.8, 4) is 23.0 Å². The number of aromatic nitrogens is 5. The van der Waals surface area contributed by atoms with Gasteiger partial charge in [0.1, 0.15) is 11.6 Å². The van der Waals surface area contributed by atoms with Crippen molar-refractivity contribution in [2.45, 2.75) is 5.16 Å². The number of nitrogens with two attached hydrogens (primary N) is 1. The molecular weight excluding hydrogens is 374 g/mol. The monoisotopic (exact) mass is 391 g/mol. The molecule has 28 heavy (non-hydrogen) atoms. The number of H-pyrrole nitrogens is 1. The number of nitrogens with zero attached hydrogens (tertiary/aromatic N) is 4. The highest BCUT2D eigenvalue weighted by atomic mass is 32.2. The molecule has 0 aliphatic carbocycles. The molecule has 0 aliphatic heterocycles. The molecule has 0 spiro atoms. The zero-order chi connectivity index (χ0) is 19.3. The van der Waals surface area contributed by atoms with Crippen molar-refractivity contribution in [3.05, 3.63) is 60.7 Å². The van der Waals surface area contributed by atoms with Crippen LogP contribution in [0.5, 0.6) is 11.6 Å². The van der Waals surface area contributed by atoms with E-state index in [0.717, 1.165) is 11.3 Å². The van der Waals surface area contributed by atoms with Crippen LogP contribution in [0.25, 0.3) is 11.4 Å². The standard InChI is InChI=1S/C19H17N7OS/c1-28-19-22-15(20)11-16(23-19)27-14-9-7-12(8-10-14)17-24-18(26-25-17)21-13-5-3-2-4-6-13/h2-11H,1H3,(H2,20,22,23)(H2,21,24,25,26). The second-order valence-electron chi connectivity index (χ2n) is 5.74. The number of nitrogen functional groups attached to an aromatic ring is 1. The Balaban J connectivity index is 1.47. The number of anilines is 3. The zero-order valence-electron chi connectivity index (χ0n) is 15.0. The second-order valence-corrected chi connectivity index (χ2v) is 6.52. The number of rotatable bonds is 6. The van der Waals surface area contributed by atoms with Crippen molar-refractivity contribution in [3.63, 3.8) is 0 Å². The van der Waals surface area contributed by atoms with Gasteiger partial charge in [-0.25, -0.2) is 4.98 Å². The van der Waals surface area contributed by atoms with Crippen LogP contribution in [0.2, 0.25) is 0 Å². The molecule has 0 amide bonds. The quantitative estimate of drug-likeness (QED) is 0.332. The molecule has 4 aromatic rings. The second kappa shape index (κ2) is 7.97. The fourth-order valence-electron chi connectivity index (χ4n) is 2.46. The lowest BCUT2D eigenvalue weighted by molar-refractivity contribution is 0.456. The van der Waals surface area contributed by atoms with Crippen LogP contribution in [-0.2, 0) is 0 Å². The minimum absolute atomic E-state index is 0.367. The van der Waals surface area contributed by atoms with Crippen LogP contribution in [-0.4, -0.2) is 31.4 Å². The minimum atomic E-state index is 0.367. The van der Waals surface area contributed by atoms with Crippen molar-refractivity contribution < 1.29 is 4.74 Å². The summed E-state index contributed by atoms with van der Waals surface area (Å²) in [5.74, 6) is 2.56. The van der Waals surface area contributed by atoms with Crippen LogP contribution in [0.15, 0.2) is 65.8 Å². The average Bonchev–Trinajstić information content (AvgIpc) is 3.17. The summed E-state index contributed by atoms with van der Waals surface area (Å²) in [5.41, 5.74) is 7.58. The van der Waals surface area contributed by atoms with Gasteiger partial charge in [0.05, 0.1) is 0 Å². The molecule has 2 aromatic heterocycles. The summed E-state index contributed by atoms with van der Waals surface area (Å²) in [6.45, 7) is 0. The summed E-state index contributed by atoms with van der Waals surface area (Å²) in [4.78, 5) is 12.9. The number of hydrogen-bond acceptors (Lipinski definition) is 8. The summed E-state index contributed by atoms with van der Waals surface area (Å²) in [7, 11) is 0. The predicted molar refractivity (Wildman–Crippen MR) is 110 cm³/mol. The van der Waals surface area contributed by atoms with Gasteiger partial charge in [0.15, 0.2) is 11.0 Å². The summed E-state index contributed by atoms with van der Waals surface area (Å²) >= 11 is 1.40. The van der Waals surface area contributed by atoms with Crippen LogP contribution in [0.1, 0.15) is 0 Å². The molecule has 0 bridgehead atoms. The van der Waals surface area contributed by atoms with Gasteiger partial charge in [-0.05, 0) is 42.7 Å². The lowest BCUT2D eigenvalue weighted by atomic mass is 10.2. The van der Waals surface area contributed by atoms with Crippen molar-refractivity contribution in [1.82, 2.24) is 25.1 Å². The molecule has 9 heteroatoms. The highest BCUT2D eigenvalue weighted by molar-refractivity contribution is 7.98. The van der Waals surface area contributed by atoms with Gasteiger partial charge >= 0.3 is 0 Å². The lowest BCUT2D eigenvalue weighted by Crippen LogP contribution is -1.97. The third-order valence-corrected chi connectivity index (χ3v) is 4.30. The molecule has 2 aromatic carbocycles. The molecular formula is C19H17N7OS. The number of aromatic amines is 1. The first-order chi connectivity index (χ1) is 13.7. The number of ether oxygens (including phenoxy) is 1. The van der Waals surface area contributed by atoms with Gasteiger partial charge in [-0.15, -0.1) is 5.10 Å². The summed E-state index contributed by atoms with van der Waals surface area (Å²) in [5, 5.41) is 10.8. The molecule has 0 unspecified atom stereocenters. The minimum Gasteiger partial charge on any atom is -0.439 e. The van der Waals surface area contributed by atoms with Gasteiger partial charge in [0, 0.05) is 17.3 Å². The van der Waals surface area contributed by atoms with E-state index in [2.05, 4.69) is 30.5 Å². The Bertz CT molecular complexity index is 1070. The molecule has 4 rings (SSSR count). The zero-order valence-corrected chi connectivity index (χ0v) is 15.8. The molecule has 0 aliphatic rings. The Morgan fingerprint density at radius 2 is 1.79 bits per heavy atom. The maximum absolute atomic E-state index is 5.78. The molecule has 8 nitrogen and oxygen atoms in total. The number of nitrogens with one attached hydrogen (secondary N) is 2. The number of para-hydroxylation sites is 1. The molecule has 0 saturated carbocycles. The van der Waals surface area contributed by atoms with Gasteiger partial charge in [-0.3, -0.25) is 5.10 Å². The van der Waals surface area contributed by atoms with Gasteiger partial charge in [-0.2, -0.15) is 9.97 Å². The average molecular weight is 391 g/mol. The normalized spacial score (nSPS) is 10.6. The van der Waals surface area contributed by atoms with Crippen LogP contribution < -0.4 is 15.8 Å². The Hall–Kier alpha value is -3.59. The fourth-order valence-corrected chi connectivity index (χ4v) is 2.84. The van der Waals surface area contributed by atoms with E-state index >= 15 is 0 Å². The van der Waals surface area contributed by atoms with E-state index in [0.29, 0.717) is 34.4 Å². The predicted octanol–water partition coefficient (Wildman–Crippen LogP) is 4.10. The number of thioether (sulfide) groups is 1. The fraction of sp³-hybridized carbons (Fsp3) is 0.0526. The number of benzene rings is 2. The van der Waals surface area contributed by atoms with Crippen molar-refractivity contribution >= 4 is 29.2 Å². The van der Waals surface area contributed by atoms with Crippen molar-refractivity contribution in [2.24, 2.45) is 0 Å². The SMILES string of the molecule is CSc1nc(N)cc(Oc2ccc(-c3nc(Nc4ccccc4)n[nH]3)cc2)n1. The number of hydrogen-bond donors (Lipinski definition) is 3. The first-order valence-corrected chi connectivity index (χ1v) is 9.63. The van der Waals surface area contributed by atoms with Gasteiger partial charge in [0.2, 0.25) is 11.8 Å². The van der Waals surface area contributed by atoms with E-state index in [1.807, 2.05) is 60.9 Å². The molecule has 0 radical (unpaired) electrons. The Kier molecular flexibility index (Phi) is 5.07. The summed E-state index contributed by atoms with van der Waals surface area (Å²) in [6.07, 6.45) is 1.88. The van der Waals surface area contributed by atoms with Crippen LogP contribution in [0, 0.1) is 0 Å². The highest BCUT2D eigenvalue weighted by Gasteiger charge is 2.08. The lowest BCUT2D eigenvalue weighted by Gasteiger charge is -2.07. The van der Waals surface area contributed by atoms with E-state index in [4.69, 9.17) is 10.5 Å². The third kappa shape index (κ3) is 4.21. The van der Waals surface area contributed by atoms with Gasteiger partial charge < -0.3 is 15.8 Å². The summed E-state index contributed by atoms with van der Waals surface area (Å²) < 4.78 is 5.77. The summed E-state index contributed by atoms with van der Waals surface area (Å²) in [6, 6.07) is 18.8. The van der Waals surface area contributed by atoms with Crippen molar-refractivity contribution in [1.29, 1.82) is 0 Å². The van der Waals surface area contributed by atoms with Crippen LogP contribution in [0.4, 0.5) is 17.5 Å². The maximum Gasteiger partial charge on any atom is 0.246 e. The van der Waals surface area contributed by atoms with Crippen LogP contribution >= 0.6 is 11.8 Å². The largest absolute Gasteiger partial charge is 0.439 e. The molecule has 0 fully saturated rings. The van der Waals surface area contributed by atoms with E-state index < -0.39 is 0 Å². The first-order valence-electron chi connectivity index (χ1n) is 8.41. The van der Waals surface area contributed by atoms with E-state index in [1.54, 1.807) is 6.07 Å². The molecule has 0 atom stereocenters. The molecule has 2 heterocycles. The Morgan fingerprint density at radius 1 is 1.00 bits per heavy atom. The van der Waals surface area contributed by atoms with E-state index in [9.17, 15) is 0 Å². The van der Waals surface area contributed by atoms with Gasteiger partial charge in [0.25, 0.3) is 0 Å². The first kappa shape index (κ1) is 17.8. The highest BCUT2D eigenvalue weighted by Crippen LogP contribution is 2.26. The Labute approximate surface area is 165 Å². The maximum atomic E-state index is 5.78. The van der Waals surface area contributed by atoms with Gasteiger partial charge in [-0.1, -0.05) is 30.0 Å². The van der Waals surface area contributed by atoms with Crippen molar-refractivity contribution in [2.75, 3.05) is 17.3 Å². The topological polar surface area (TPSA) is 115 Å². The van der Waals surface area contributed by atoms with E-state index in [1.165, 1.54) is 11.8 Å². The molecule has 140 valence electrons. The smallest absolute Gasteiger partial charge is 0.246 e. The molecule has 4 N–H and O–H groups in total.